The number of para-hydroxylation sites is 1. The van der Waals surface area contributed by atoms with Gasteiger partial charge in [-0.1, -0.05) is 45.9 Å². The maximum Gasteiger partial charge on any atom is 0.123 e. The van der Waals surface area contributed by atoms with Crippen molar-refractivity contribution in [2.24, 2.45) is 5.41 Å². The highest BCUT2D eigenvalue weighted by atomic mass is 16.5. The van der Waals surface area contributed by atoms with Gasteiger partial charge in [0.2, 0.25) is 0 Å². The Kier molecular flexibility index (Phi) is 7.20. The molecular weight excluding hydrogens is 262 g/mol. The molecule has 0 aliphatic rings. The Morgan fingerprint density at radius 3 is 2.33 bits per heavy atom. The molecule has 0 aliphatic carbocycles. The molecule has 120 valence electrons. The number of methoxy groups -OCH3 is 1. The van der Waals surface area contributed by atoms with Crippen LogP contribution in [0, 0.1) is 5.41 Å². The van der Waals surface area contributed by atoms with E-state index in [2.05, 4.69) is 52.1 Å². The molecule has 0 bridgehead atoms. The molecule has 0 heterocycles. The van der Waals surface area contributed by atoms with E-state index in [1.165, 1.54) is 5.56 Å². The van der Waals surface area contributed by atoms with Crippen LogP contribution in [-0.4, -0.2) is 26.4 Å². The normalized spacial score (nSPS) is 14.8. The topological polar surface area (TPSA) is 30.5 Å². The SMILES string of the molecule is CCCNC(c1ccccc1OC)C(OCC)C(C)(C)C. The smallest absolute Gasteiger partial charge is 0.123 e. The molecule has 1 aromatic carbocycles. The third-order valence-corrected chi connectivity index (χ3v) is 3.59. The first-order valence-corrected chi connectivity index (χ1v) is 7.93. The minimum Gasteiger partial charge on any atom is -0.496 e. The predicted octanol–water partition coefficient (Wildman–Crippen LogP) is 4.19. The summed E-state index contributed by atoms with van der Waals surface area (Å²) in [5.74, 6) is 0.917. The first-order chi connectivity index (χ1) is 9.95. The zero-order chi connectivity index (χ0) is 15.9. The Morgan fingerprint density at radius 2 is 1.81 bits per heavy atom. The number of hydrogen-bond donors (Lipinski definition) is 1. The summed E-state index contributed by atoms with van der Waals surface area (Å²) in [5, 5.41) is 3.65. The van der Waals surface area contributed by atoms with Crippen molar-refractivity contribution in [3.8, 4) is 5.75 Å². The molecular formula is C18H31NO2. The lowest BCUT2D eigenvalue weighted by Crippen LogP contribution is -2.42. The fourth-order valence-corrected chi connectivity index (χ4v) is 2.63. The Bertz CT molecular complexity index is 412. The quantitative estimate of drug-likeness (QED) is 0.779. The molecule has 21 heavy (non-hydrogen) atoms. The molecule has 3 heteroatoms. The molecule has 3 nitrogen and oxygen atoms in total. The van der Waals surface area contributed by atoms with Gasteiger partial charge in [-0.2, -0.15) is 0 Å². The van der Waals surface area contributed by atoms with Crippen molar-refractivity contribution < 1.29 is 9.47 Å². The number of benzene rings is 1. The van der Waals surface area contributed by atoms with E-state index in [9.17, 15) is 0 Å². The molecule has 0 saturated carbocycles. The van der Waals surface area contributed by atoms with Gasteiger partial charge in [0.15, 0.2) is 0 Å². The van der Waals surface area contributed by atoms with Gasteiger partial charge in [-0.05, 0) is 31.4 Å². The number of nitrogens with one attached hydrogen (secondary N) is 1. The van der Waals surface area contributed by atoms with Crippen molar-refractivity contribution >= 4 is 0 Å². The van der Waals surface area contributed by atoms with Crippen LogP contribution in [0.4, 0.5) is 0 Å². The summed E-state index contributed by atoms with van der Waals surface area (Å²) in [6, 6.07) is 8.34. The highest BCUT2D eigenvalue weighted by molar-refractivity contribution is 5.37. The van der Waals surface area contributed by atoms with E-state index in [4.69, 9.17) is 9.47 Å². The largest absolute Gasteiger partial charge is 0.496 e. The van der Waals surface area contributed by atoms with Crippen molar-refractivity contribution in [2.75, 3.05) is 20.3 Å². The van der Waals surface area contributed by atoms with Crippen LogP contribution in [0.3, 0.4) is 0 Å². The number of rotatable bonds is 8. The third kappa shape index (κ3) is 5.01. The first-order valence-electron chi connectivity index (χ1n) is 7.93. The monoisotopic (exact) mass is 293 g/mol. The van der Waals surface area contributed by atoms with Crippen molar-refractivity contribution in [3.05, 3.63) is 29.8 Å². The van der Waals surface area contributed by atoms with Gasteiger partial charge in [0.25, 0.3) is 0 Å². The second-order valence-electron chi connectivity index (χ2n) is 6.42. The Labute approximate surface area is 130 Å². The number of hydrogen-bond acceptors (Lipinski definition) is 3. The van der Waals surface area contributed by atoms with E-state index in [1.807, 2.05) is 12.1 Å². The van der Waals surface area contributed by atoms with Crippen molar-refractivity contribution in [2.45, 2.75) is 53.2 Å². The lowest BCUT2D eigenvalue weighted by molar-refractivity contribution is -0.0369. The second-order valence-corrected chi connectivity index (χ2v) is 6.42. The van der Waals surface area contributed by atoms with Crippen LogP contribution in [0.2, 0.25) is 0 Å². The van der Waals surface area contributed by atoms with Gasteiger partial charge in [0.05, 0.1) is 19.3 Å². The molecule has 0 spiro atoms. The highest BCUT2D eigenvalue weighted by Crippen LogP contribution is 2.36. The van der Waals surface area contributed by atoms with Crippen LogP contribution < -0.4 is 10.1 Å². The molecule has 0 aromatic heterocycles. The summed E-state index contributed by atoms with van der Waals surface area (Å²) in [6.45, 7) is 12.6. The van der Waals surface area contributed by atoms with E-state index in [1.54, 1.807) is 7.11 Å². The Hall–Kier alpha value is -1.06. The summed E-state index contributed by atoms with van der Waals surface area (Å²) in [5.41, 5.74) is 1.21. The average molecular weight is 293 g/mol. The van der Waals surface area contributed by atoms with Crippen molar-refractivity contribution in [1.29, 1.82) is 0 Å². The van der Waals surface area contributed by atoms with E-state index in [0.29, 0.717) is 6.61 Å². The van der Waals surface area contributed by atoms with E-state index in [0.717, 1.165) is 18.7 Å². The van der Waals surface area contributed by atoms with E-state index in [-0.39, 0.29) is 17.6 Å². The van der Waals surface area contributed by atoms with E-state index < -0.39 is 0 Å². The first kappa shape index (κ1) is 18.0. The van der Waals surface area contributed by atoms with Gasteiger partial charge in [-0.3, -0.25) is 0 Å². The molecule has 0 fully saturated rings. The summed E-state index contributed by atoms with van der Waals surface area (Å²) >= 11 is 0. The second kappa shape index (κ2) is 8.40. The summed E-state index contributed by atoms with van der Waals surface area (Å²) in [7, 11) is 1.72. The maximum absolute atomic E-state index is 6.10. The molecule has 0 radical (unpaired) electrons. The van der Waals surface area contributed by atoms with E-state index >= 15 is 0 Å². The van der Waals surface area contributed by atoms with Crippen LogP contribution in [0.25, 0.3) is 0 Å². The molecule has 0 amide bonds. The fraction of sp³-hybridized carbons (Fsp3) is 0.667. The molecule has 1 aromatic rings. The lowest BCUT2D eigenvalue weighted by Gasteiger charge is -2.38. The van der Waals surface area contributed by atoms with Gasteiger partial charge < -0.3 is 14.8 Å². The van der Waals surface area contributed by atoms with Gasteiger partial charge >= 0.3 is 0 Å². The maximum atomic E-state index is 6.10. The zero-order valence-electron chi connectivity index (χ0n) is 14.4. The predicted molar refractivity (Wildman–Crippen MR) is 88.9 cm³/mol. The minimum absolute atomic E-state index is 0.0439. The molecule has 1 N–H and O–H groups in total. The van der Waals surface area contributed by atoms with Crippen molar-refractivity contribution in [3.63, 3.8) is 0 Å². The molecule has 2 atom stereocenters. The summed E-state index contributed by atoms with van der Waals surface area (Å²) in [6.07, 6.45) is 1.18. The molecule has 1 rings (SSSR count). The van der Waals surface area contributed by atoms with Crippen LogP contribution >= 0.6 is 0 Å². The van der Waals surface area contributed by atoms with Crippen LogP contribution in [0.15, 0.2) is 24.3 Å². The summed E-state index contributed by atoms with van der Waals surface area (Å²) in [4.78, 5) is 0. The fourth-order valence-electron chi connectivity index (χ4n) is 2.63. The van der Waals surface area contributed by atoms with Crippen LogP contribution in [0.5, 0.6) is 5.75 Å². The van der Waals surface area contributed by atoms with Crippen LogP contribution in [0.1, 0.15) is 52.6 Å². The van der Waals surface area contributed by atoms with Crippen LogP contribution in [-0.2, 0) is 4.74 Å². The zero-order valence-corrected chi connectivity index (χ0v) is 14.4. The highest BCUT2D eigenvalue weighted by Gasteiger charge is 2.34. The minimum atomic E-state index is 0.0439. The van der Waals surface area contributed by atoms with Gasteiger partial charge in [0, 0.05) is 12.2 Å². The van der Waals surface area contributed by atoms with Crippen molar-refractivity contribution in [1.82, 2.24) is 5.32 Å². The van der Waals surface area contributed by atoms with Gasteiger partial charge in [-0.15, -0.1) is 0 Å². The number of ether oxygens (including phenoxy) is 2. The summed E-state index contributed by atoms with van der Waals surface area (Å²) < 4.78 is 11.7. The van der Waals surface area contributed by atoms with Gasteiger partial charge in [-0.25, -0.2) is 0 Å². The molecule has 0 saturated heterocycles. The molecule has 0 aliphatic heterocycles. The third-order valence-electron chi connectivity index (χ3n) is 3.59. The Morgan fingerprint density at radius 1 is 1.14 bits per heavy atom. The standard InChI is InChI=1S/C18H31NO2/c1-7-13-19-16(17(21-8-2)18(3,4)5)14-11-9-10-12-15(14)20-6/h9-12,16-17,19H,7-8,13H2,1-6H3. The Balaban J connectivity index is 3.19. The average Bonchev–Trinajstić information content (AvgIpc) is 2.45. The molecule has 2 unspecified atom stereocenters. The lowest BCUT2D eigenvalue weighted by atomic mass is 9.81. The van der Waals surface area contributed by atoms with Gasteiger partial charge in [0.1, 0.15) is 5.75 Å².